The number of rotatable bonds is 5. The molecule has 0 bridgehead atoms. The lowest BCUT2D eigenvalue weighted by Gasteiger charge is -2.17. The number of hydrogen-bond donors (Lipinski definition) is 1. The Bertz CT molecular complexity index is 1190. The highest BCUT2D eigenvalue weighted by Gasteiger charge is 2.30. The van der Waals surface area contributed by atoms with E-state index < -0.39 is 11.9 Å². The highest BCUT2D eigenvalue weighted by Crippen LogP contribution is 2.18. The van der Waals surface area contributed by atoms with Crippen molar-refractivity contribution in [2.45, 2.75) is 39.3 Å². The molecule has 29 heavy (non-hydrogen) atoms. The van der Waals surface area contributed by atoms with E-state index >= 15 is 0 Å². The van der Waals surface area contributed by atoms with Crippen molar-refractivity contribution in [2.24, 2.45) is 0 Å². The van der Waals surface area contributed by atoms with Crippen LogP contribution in [-0.4, -0.2) is 49.4 Å². The maximum Gasteiger partial charge on any atom is 0.350 e. The summed E-state index contributed by atoms with van der Waals surface area (Å²) >= 11 is 0. The summed E-state index contributed by atoms with van der Waals surface area (Å²) in [7, 11) is 0. The lowest BCUT2D eigenvalue weighted by Crippen LogP contribution is -2.45. The average molecular weight is 395 g/mol. The molecule has 0 spiro atoms. The minimum absolute atomic E-state index is 0.144. The smallest absolute Gasteiger partial charge is 0.350 e. The van der Waals surface area contributed by atoms with E-state index in [2.05, 4.69) is 10.4 Å². The number of fused-ring (bicyclic) bond motifs is 3. The van der Waals surface area contributed by atoms with E-state index in [4.69, 9.17) is 0 Å². The van der Waals surface area contributed by atoms with Crippen molar-refractivity contribution < 1.29 is 14.4 Å². The zero-order chi connectivity index (χ0) is 20.7. The van der Waals surface area contributed by atoms with Crippen LogP contribution in [0, 0.1) is 6.92 Å². The van der Waals surface area contributed by atoms with Crippen LogP contribution in [0.2, 0.25) is 0 Å². The molecule has 9 nitrogen and oxygen atoms in total. The summed E-state index contributed by atoms with van der Waals surface area (Å²) in [6, 6.07) is 9.15. The van der Waals surface area contributed by atoms with Gasteiger partial charge in [-0.2, -0.15) is 0 Å². The van der Waals surface area contributed by atoms with Gasteiger partial charge < -0.3 is 5.32 Å². The summed E-state index contributed by atoms with van der Waals surface area (Å²) in [5.74, 6) is -1.12. The molecule has 0 radical (unpaired) electrons. The molecule has 0 saturated carbocycles. The van der Waals surface area contributed by atoms with E-state index in [0.717, 1.165) is 21.4 Å². The van der Waals surface area contributed by atoms with Gasteiger partial charge in [-0.25, -0.2) is 13.9 Å². The third-order valence-electron chi connectivity index (χ3n) is 5.05. The van der Waals surface area contributed by atoms with Gasteiger partial charge >= 0.3 is 5.69 Å². The highest BCUT2D eigenvalue weighted by molar-refractivity contribution is 6.04. The molecule has 4 rings (SSSR count). The Labute approximate surface area is 165 Å². The van der Waals surface area contributed by atoms with Gasteiger partial charge in [0, 0.05) is 18.9 Å². The molecule has 1 aliphatic heterocycles. The second-order valence-corrected chi connectivity index (χ2v) is 7.35. The van der Waals surface area contributed by atoms with Gasteiger partial charge in [-0.15, -0.1) is 5.10 Å². The molecule has 3 amide bonds. The number of aryl methyl sites for hydroxylation is 1. The Morgan fingerprint density at radius 1 is 1.17 bits per heavy atom. The van der Waals surface area contributed by atoms with E-state index in [1.807, 2.05) is 37.3 Å². The van der Waals surface area contributed by atoms with E-state index in [-0.39, 0.29) is 43.4 Å². The number of hydrogen-bond acceptors (Lipinski definition) is 5. The molecule has 0 aliphatic carbocycles. The first-order chi connectivity index (χ1) is 13.8. The Morgan fingerprint density at radius 3 is 2.59 bits per heavy atom. The van der Waals surface area contributed by atoms with Crippen LogP contribution in [0.4, 0.5) is 0 Å². The molecular formula is C20H21N5O4. The number of aromatic nitrogens is 3. The van der Waals surface area contributed by atoms with Crippen LogP contribution in [0.3, 0.4) is 0 Å². The van der Waals surface area contributed by atoms with Gasteiger partial charge in [-0.1, -0.05) is 18.2 Å². The molecular weight excluding hydrogens is 374 g/mol. The normalized spacial score (nSPS) is 15.4. The van der Waals surface area contributed by atoms with Gasteiger partial charge in [0.15, 0.2) is 5.65 Å². The van der Waals surface area contributed by atoms with E-state index in [1.165, 1.54) is 4.68 Å². The van der Waals surface area contributed by atoms with E-state index in [9.17, 15) is 19.2 Å². The van der Waals surface area contributed by atoms with Crippen LogP contribution in [0.25, 0.3) is 16.6 Å². The number of carbonyl (C=O) groups excluding carboxylic acids is 3. The molecule has 3 aromatic rings. The maximum atomic E-state index is 12.9. The van der Waals surface area contributed by atoms with Crippen molar-refractivity contribution in [3.63, 3.8) is 0 Å². The van der Waals surface area contributed by atoms with Gasteiger partial charge in [-0.3, -0.25) is 19.3 Å². The predicted octanol–water partition coefficient (Wildman–Crippen LogP) is 0.611. The van der Waals surface area contributed by atoms with E-state index in [1.54, 1.807) is 11.3 Å². The largest absolute Gasteiger partial charge is 0.350 e. The molecule has 1 aromatic carbocycles. The zero-order valence-electron chi connectivity index (χ0n) is 16.2. The first-order valence-electron chi connectivity index (χ1n) is 9.45. The predicted molar refractivity (Wildman–Crippen MR) is 105 cm³/mol. The van der Waals surface area contributed by atoms with Gasteiger partial charge in [0.25, 0.3) is 0 Å². The number of nitrogens with one attached hydrogen (secondary N) is 1. The lowest BCUT2D eigenvalue weighted by atomic mass is 10.1. The average Bonchev–Trinajstić information content (AvgIpc) is 3.16. The topological polar surface area (TPSA) is 106 Å². The van der Waals surface area contributed by atoms with Crippen LogP contribution >= 0.6 is 0 Å². The van der Waals surface area contributed by atoms with Crippen molar-refractivity contribution in [2.75, 3.05) is 6.54 Å². The van der Waals surface area contributed by atoms with E-state index in [0.29, 0.717) is 5.65 Å². The molecule has 1 atom stereocenters. The second-order valence-electron chi connectivity index (χ2n) is 7.35. The number of amides is 3. The molecule has 1 saturated heterocycles. The Balaban J connectivity index is 1.54. The number of nitrogens with zero attached hydrogens (tertiary/aromatic N) is 4. The van der Waals surface area contributed by atoms with Gasteiger partial charge in [0.05, 0.1) is 12.1 Å². The summed E-state index contributed by atoms with van der Waals surface area (Å²) in [5.41, 5.74) is 1.93. The fourth-order valence-corrected chi connectivity index (χ4v) is 3.68. The minimum Gasteiger partial charge on any atom is -0.350 e. The summed E-state index contributed by atoms with van der Waals surface area (Å²) in [5, 5.41) is 8.10. The summed E-state index contributed by atoms with van der Waals surface area (Å²) in [4.78, 5) is 49.4. The number of imide groups is 1. The Kier molecular flexibility index (Phi) is 4.65. The monoisotopic (exact) mass is 395 g/mol. The van der Waals surface area contributed by atoms with Crippen LogP contribution in [0.1, 0.15) is 25.3 Å². The molecule has 1 fully saturated rings. The number of carbonyl (C=O) groups is 3. The molecule has 2 aromatic heterocycles. The van der Waals surface area contributed by atoms with Gasteiger partial charge in [0.2, 0.25) is 17.7 Å². The third-order valence-corrected chi connectivity index (χ3v) is 5.05. The fraction of sp³-hybridized carbons (Fsp3) is 0.350. The van der Waals surface area contributed by atoms with Crippen molar-refractivity contribution >= 4 is 34.3 Å². The zero-order valence-corrected chi connectivity index (χ0v) is 16.2. The number of para-hydroxylation sites is 1. The standard InChI is InChI=1S/C20H21N5O4/c1-12-9-14-5-3-4-6-15(14)25-19(12)22-24(20(25)29)10-13(2)21-16(26)11-23-17(27)7-8-18(23)28/h3-6,9,13H,7-8,10-11H2,1-2H3,(H,21,26). The third kappa shape index (κ3) is 3.39. The lowest BCUT2D eigenvalue weighted by molar-refractivity contribution is -0.142. The first-order valence-corrected chi connectivity index (χ1v) is 9.45. The van der Waals surface area contributed by atoms with Crippen LogP contribution in [-0.2, 0) is 20.9 Å². The molecule has 1 unspecified atom stereocenters. The van der Waals surface area contributed by atoms with Crippen LogP contribution in [0.15, 0.2) is 35.1 Å². The van der Waals surface area contributed by atoms with Crippen molar-refractivity contribution in [3.05, 3.63) is 46.4 Å². The Morgan fingerprint density at radius 2 is 1.86 bits per heavy atom. The highest BCUT2D eigenvalue weighted by atomic mass is 16.2. The van der Waals surface area contributed by atoms with Crippen molar-refractivity contribution in [1.82, 2.24) is 24.4 Å². The molecule has 1 N–H and O–H groups in total. The van der Waals surface area contributed by atoms with Crippen LogP contribution < -0.4 is 11.0 Å². The van der Waals surface area contributed by atoms with Crippen molar-refractivity contribution in [3.8, 4) is 0 Å². The van der Waals surface area contributed by atoms with Gasteiger partial charge in [0.1, 0.15) is 6.54 Å². The summed E-state index contributed by atoms with van der Waals surface area (Å²) in [6.45, 7) is 3.51. The molecule has 9 heteroatoms. The fourth-order valence-electron chi connectivity index (χ4n) is 3.68. The SMILES string of the molecule is Cc1cc2ccccc2n2c(=O)n(CC(C)NC(=O)CN3C(=O)CCC3=O)nc12. The first kappa shape index (κ1) is 18.9. The second kappa shape index (κ2) is 7.16. The molecule has 3 heterocycles. The van der Waals surface area contributed by atoms with Crippen molar-refractivity contribution in [1.29, 1.82) is 0 Å². The Hall–Kier alpha value is -3.49. The molecule has 150 valence electrons. The number of pyridine rings is 1. The number of likely N-dealkylation sites (tertiary alicyclic amines) is 1. The summed E-state index contributed by atoms with van der Waals surface area (Å²) < 4.78 is 2.90. The number of benzene rings is 1. The minimum atomic E-state index is -0.445. The quantitative estimate of drug-likeness (QED) is 0.637. The van der Waals surface area contributed by atoms with Gasteiger partial charge in [-0.05, 0) is 36.9 Å². The van der Waals surface area contributed by atoms with Crippen LogP contribution in [0.5, 0.6) is 0 Å². The summed E-state index contributed by atoms with van der Waals surface area (Å²) in [6.07, 6.45) is 0.289. The maximum absolute atomic E-state index is 12.9. The molecule has 1 aliphatic rings.